The summed E-state index contributed by atoms with van der Waals surface area (Å²) >= 11 is 0. The number of carboxylic acid groups (broad SMARTS) is 3. The highest BCUT2D eigenvalue weighted by atomic mass is 32.3. The highest BCUT2D eigenvalue weighted by Gasteiger charge is 2.36. The molecule has 24 heteroatoms. The number of fused-ring (bicyclic) bond motifs is 1. The maximum atomic E-state index is 13.6. The Labute approximate surface area is 370 Å². The molecule has 2 aromatic rings. The number of aromatic nitrogens is 1. The Morgan fingerprint density at radius 2 is 1.30 bits per heavy atom. The molecule has 3 aliphatic heterocycles. The van der Waals surface area contributed by atoms with Crippen LogP contribution in [0.2, 0.25) is 0 Å². The molecule has 2 unspecified atom stereocenters. The number of halogens is 1. The summed E-state index contributed by atoms with van der Waals surface area (Å²) in [5.41, 5.74) is 0.750. The molecule has 3 amide bonds. The summed E-state index contributed by atoms with van der Waals surface area (Å²) in [4.78, 5) is 91.2. The van der Waals surface area contributed by atoms with E-state index in [2.05, 4.69) is 19.4 Å². The molecule has 0 bridgehead atoms. The first kappa shape index (κ1) is 49.9. The minimum atomic E-state index is -5.28. The van der Waals surface area contributed by atoms with Gasteiger partial charge in [0.2, 0.25) is 11.8 Å². The van der Waals surface area contributed by atoms with Gasteiger partial charge in [0.25, 0.3) is 5.91 Å². The summed E-state index contributed by atoms with van der Waals surface area (Å²) in [6.07, 6.45) is 1.38. The van der Waals surface area contributed by atoms with Gasteiger partial charge in [-0.2, -0.15) is 8.42 Å². The van der Waals surface area contributed by atoms with Crippen LogP contribution < -0.4 is 10.1 Å². The molecule has 64 heavy (non-hydrogen) atoms. The highest BCUT2D eigenvalue weighted by Crippen LogP contribution is 2.25. The smallest absolute Gasteiger partial charge is 0.439 e. The normalized spacial score (nSPS) is 20.0. The zero-order chi connectivity index (χ0) is 46.4. The van der Waals surface area contributed by atoms with E-state index in [9.17, 15) is 56.4 Å². The van der Waals surface area contributed by atoms with E-state index in [0.29, 0.717) is 108 Å². The number of benzene rings is 1. The fraction of sp³-hybridized carbons (Fsp3) is 0.625. The van der Waals surface area contributed by atoms with Gasteiger partial charge in [0, 0.05) is 103 Å². The van der Waals surface area contributed by atoms with Crippen LogP contribution in [0.5, 0.6) is 5.75 Å². The Morgan fingerprint density at radius 1 is 0.766 bits per heavy atom. The molecule has 0 saturated carbocycles. The van der Waals surface area contributed by atoms with E-state index >= 15 is 0 Å². The van der Waals surface area contributed by atoms with Gasteiger partial charge >= 0.3 is 28.4 Å². The van der Waals surface area contributed by atoms with Crippen molar-refractivity contribution in [2.24, 2.45) is 0 Å². The van der Waals surface area contributed by atoms with E-state index < -0.39 is 52.5 Å². The number of nitrogens with one attached hydrogen (secondary N) is 1. The Bertz CT molecular complexity index is 2050. The summed E-state index contributed by atoms with van der Waals surface area (Å²) in [7, 11) is -5.28. The molecule has 354 valence electrons. The topological polar surface area (TPSA) is 263 Å². The van der Waals surface area contributed by atoms with Crippen molar-refractivity contribution < 1.29 is 65.3 Å². The third kappa shape index (κ3) is 15.8. The van der Waals surface area contributed by atoms with Crippen molar-refractivity contribution >= 4 is 57.0 Å². The van der Waals surface area contributed by atoms with Gasteiger partial charge in [-0.15, -0.1) is 0 Å². The molecule has 0 spiro atoms. The third-order valence-corrected chi connectivity index (χ3v) is 11.8. The van der Waals surface area contributed by atoms with Gasteiger partial charge in [-0.3, -0.25) is 58.3 Å². The van der Waals surface area contributed by atoms with Crippen molar-refractivity contribution in [2.45, 2.75) is 38.5 Å². The molecule has 1 aromatic heterocycles. The second-order valence-electron chi connectivity index (χ2n) is 16.1. The van der Waals surface area contributed by atoms with E-state index in [4.69, 9.17) is 4.74 Å². The van der Waals surface area contributed by atoms with Gasteiger partial charge in [0.15, 0.2) is 6.23 Å². The molecule has 5 rings (SSSR count). The number of nitrogens with zero attached hydrogens (tertiary/aromatic N) is 8. The van der Waals surface area contributed by atoms with Crippen LogP contribution in [0.25, 0.3) is 10.9 Å². The predicted octanol–water partition coefficient (Wildman–Crippen LogP) is -1.08. The zero-order valence-electron chi connectivity index (χ0n) is 35.9. The maximum Gasteiger partial charge on any atom is 0.439 e. The van der Waals surface area contributed by atoms with E-state index in [1.807, 2.05) is 4.90 Å². The number of pyridine rings is 1. The molecule has 4 N–H and O–H groups in total. The van der Waals surface area contributed by atoms with Crippen LogP contribution in [-0.2, 0) is 38.7 Å². The summed E-state index contributed by atoms with van der Waals surface area (Å²) in [5, 5.41) is 31.5. The number of rotatable bonds is 18. The molecule has 2 atom stereocenters. The zero-order valence-corrected chi connectivity index (χ0v) is 36.7. The number of hydrogen-bond acceptors (Lipinski definition) is 16. The first-order valence-electron chi connectivity index (χ1n) is 21.2. The summed E-state index contributed by atoms with van der Waals surface area (Å²) in [6.45, 7) is 6.77. The lowest BCUT2D eigenvalue weighted by Crippen LogP contribution is -2.53. The molecular formula is C40H58FN9O13S. The first-order chi connectivity index (χ1) is 30.4. The van der Waals surface area contributed by atoms with E-state index in [-0.39, 0.29) is 63.7 Å². The Morgan fingerprint density at radius 3 is 1.83 bits per heavy atom. The fourth-order valence-corrected chi connectivity index (χ4v) is 8.46. The average Bonchev–Trinajstić information content (AvgIpc) is 3.68. The monoisotopic (exact) mass is 923 g/mol. The molecule has 0 aliphatic carbocycles. The van der Waals surface area contributed by atoms with Crippen LogP contribution in [0.3, 0.4) is 0 Å². The van der Waals surface area contributed by atoms with Gasteiger partial charge in [0.1, 0.15) is 11.8 Å². The lowest BCUT2D eigenvalue weighted by molar-refractivity contribution is -0.141. The van der Waals surface area contributed by atoms with Crippen molar-refractivity contribution in [3.63, 3.8) is 0 Å². The summed E-state index contributed by atoms with van der Waals surface area (Å²) in [6, 6.07) is 5.57. The number of piperazine rings is 1. The number of amides is 3. The quantitative estimate of drug-likeness (QED) is 0.102. The van der Waals surface area contributed by atoms with Crippen molar-refractivity contribution in [1.82, 2.24) is 44.6 Å². The maximum absolute atomic E-state index is 13.6. The molecule has 4 heterocycles. The van der Waals surface area contributed by atoms with Crippen LogP contribution >= 0.6 is 0 Å². The van der Waals surface area contributed by atoms with E-state index in [1.165, 1.54) is 19.2 Å². The van der Waals surface area contributed by atoms with Gasteiger partial charge in [-0.25, -0.2) is 4.18 Å². The van der Waals surface area contributed by atoms with Gasteiger partial charge in [0.05, 0.1) is 43.9 Å². The molecule has 22 nitrogen and oxygen atoms in total. The molecule has 3 fully saturated rings. The van der Waals surface area contributed by atoms with Crippen molar-refractivity contribution in [2.75, 3.05) is 124 Å². The number of carbonyl (C=O) groups is 6. The molecule has 3 saturated heterocycles. The number of hydrogen-bond donors (Lipinski definition) is 4. The van der Waals surface area contributed by atoms with E-state index in [1.54, 1.807) is 37.8 Å². The second kappa shape index (κ2) is 23.7. The fourth-order valence-electron chi connectivity index (χ4n) is 7.99. The second-order valence-corrected chi connectivity index (χ2v) is 17.0. The minimum absolute atomic E-state index is 0.0763. The number of carboxylic acids is 3. The number of ether oxygens (including phenoxy) is 1. The molecule has 3 aliphatic rings. The van der Waals surface area contributed by atoms with Crippen LogP contribution in [0.1, 0.15) is 36.5 Å². The van der Waals surface area contributed by atoms with Crippen molar-refractivity contribution in [3.8, 4) is 5.75 Å². The Balaban J connectivity index is 1.09. The van der Waals surface area contributed by atoms with Gasteiger partial charge in [-0.1, -0.05) is 3.89 Å². The lowest BCUT2D eigenvalue weighted by atomic mass is 10.1. The Kier molecular flexibility index (Phi) is 18.5. The Hall–Kier alpha value is -5.11. The highest BCUT2D eigenvalue weighted by molar-refractivity contribution is 7.81. The predicted molar refractivity (Wildman–Crippen MR) is 226 cm³/mol. The largest absolute Gasteiger partial charge is 0.494 e. The first-order valence-corrected chi connectivity index (χ1v) is 22.6. The van der Waals surface area contributed by atoms with Crippen LogP contribution in [-0.4, -0.2) is 235 Å². The van der Waals surface area contributed by atoms with Crippen LogP contribution in [0, 0.1) is 0 Å². The molecule has 1 aromatic carbocycles. The van der Waals surface area contributed by atoms with Crippen molar-refractivity contribution in [3.05, 3.63) is 36.0 Å². The van der Waals surface area contributed by atoms with Gasteiger partial charge in [-0.05, 0) is 50.5 Å². The standard InChI is InChI=1S/C40H58FN9O13S/c1-29(40(59)50-10-2-4-35(50)63-64(41,60)61)43-39(58)31-7-8-42-33-6-5-30(24-32(31)33)62-23-3-9-44-19-21-49(22-20-44)34(51)25-45-11-13-46(26-36(52)53)15-17-48(28-38(56)57)18-16-47(14-12-45)27-37(54)55/h5-8,24,29,35H,2-4,9-23,25-28H2,1H3,(H,43,58)(H,52,53)(H,54,55)(H,56,57). The van der Waals surface area contributed by atoms with Crippen molar-refractivity contribution in [1.29, 1.82) is 0 Å². The van der Waals surface area contributed by atoms with Gasteiger partial charge < -0.3 is 35.2 Å². The third-order valence-electron chi connectivity index (χ3n) is 11.4. The average molecular weight is 924 g/mol. The van der Waals surface area contributed by atoms with Crippen LogP contribution in [0.15, 0.2) is 30.5 Å². The van der Waals surface area contributed by atoms with Crippen LogP contribution in [0.4, 0.5) is 3.89 Å². The lowest BCUT2D eigenvalue weighted by Gasteiger charge is -2.37. The summed E-state index contributed by atoms with van der Waals surface area (Å²) in [5.74, 6) is -3.86. The number of carbonyl (C=O) groups excluding carboxylic acids is 3. The minimum Gasteiger partial charge on any atom is -0.494 e. The molecule has 0 radical (unpaired) electrons. The number of aliphatic carboxylic acids is 3. The molecular weight excluding hydrogens is 866 g/mol. The SMILES string of the molecule is CC(NC(=O)c1ccnc2ccc(OCCCN3CCN(C(=O)CN4CCN(CC(=O)O)CCN(CC(=O)O)CCN(CC(=O)O)CC4)CC3)cc12)C(=O)N1CCCC1OS(=O)(=O)F. The summed E-state index contributed by atoms with van der Waals surface area (Å²) < 4.78 is 45.7. The van der Waals surface area contributed by atoms with E-state index in [0.717, 1.165) is 4.90 Å². The number of likely N-dealkylation sites (tertiary alicyclic amines) is 1.